The molecule has 0 saturated carbocycles. The van der Waals surface area contributed by atoms with Gasteiger partial charge in [-0.2, -0.15) is 0 Å². The van der Waals surface area contributed by atoms with Crippen molar-refractivity contribution in [3.8, 4) is 0 Å². The summed E-state index contributed by atoms with van der Waals surface area (Å²) in [5, 5.41) is 0. The van der Waals surface area contributed by atoms with E-state index in [-0.39, 0.29) is 25.8 Å². The summed E-state index contributed by atoms with van der Waals surface area (Å²) in [5.74, 6) is -0.358. The number of quaternary nitrogens is 1. The summed E-state index contributed by atoms with van der Waals surface area (Å²) in [6, 6.07) is 0. The van der Waals surface area contributed by atoms with Gasteiger partial charge < -0.3 is 27.9 Å². The lowest BCUT2D eigenvalue weighted by molar-refractivity contribution is -0.870. The first kappa shape index (κ1) is 55.2. The lowest BCUT2D eigenvalue weighted by Gasteiger charge is -2.28. The number of likely N-dealkylation sites (N-methyl/N-ethyl adjacent to an activating group) is 1. The molecule has 332 valence electrons. The van der Waals surface area contributed by atoms with Crippen LogP contribution >= 0.6 is 7.82 Å². The molecule has 0 aliphatic carbocycles. The highest BCUT2D eigenvalue weighted by Crippen LogP contribution is 2.38. The van der Waals surface area contributed by atoms with Gasteiger partial charge in [0.05, 0.1) is 41.0 Å². The molecule has 0 rings (SSSR count). The van der Waals surface area contributed by atoms with E-state index < -0.39 is 13.9 Å². The van der Waals surface area contributed by atoms with Gasteiger partial charge in [-0.3, -0.25) is 9.36 Å². The summed E-state index contributed by atoms with van der Waals surface area (Å²) in [6.45, 7) is 5.08. The maximum absolute atomic E-state index is 12.7. The number of unbranched alkanes of at least 4 members (excludes halogenated alkanes) is 18. The average Bonchev–Trinajstić information content (AvgIpc) is 3.16. The number of phosphoric acid groups is 1. The normalized spacial score (nSPS) is 14.3. The molecule has 2 atom stereocenters. The van der Waals surface area contributed by atoms with Crippen LogP contribution in [0.4, 0.5) is 0 Å². The molecule has 0 saturated heterocycles. The molecule has 57 heavy (non-hydrogen) atoms. The van der Waals surface area contributed by atoms with Crippen molar-refractivity contribution in [1.29, 1.82) is 0 Å². The third-order valence-electron chi connectivity index (χ3n) is 9.60. The largest absolute Gasteiger partial charge is 0.756 e. The number of hydrogen-bond acceptors (Lipinski definition) is 7. The molecule has 0 aromatic rings. The summed E-state index contributed by atoms with van der Waals surface area (Å²) in [4.78, 5) is 25.1. The first-order chi connectivity index (χ1) is 27.6. The van der Waals surface area contributed by atoms with Gasteiger partial charge in [0.1, 0.15) is 19.3 Å². The van der Waals surface area contributed by atoms with Gasteiger partial charge in [-0.25, -0.2) is 0 Å². The Morgan fingerprint density at radius 3 is 1.42 bits per heavy atom. The molecule has 0 N–H and O–H groups in total. The van der Waals surface area contributed by atoms with Crippen LogP contribution in [0.5, 0.6) is 0 Å². The molecule has 0 fully saturated rings. The third kappa shape index (κ3) is 45.1. The number of nitrogens with zero attached hydrogens (tertiary/aromatic N) is 1. The second kappa shape index (κ2) is 41.0. The number of phosphoric ester groups is 1. The van der Waals surface area contributed by atoms with Crippen molar-refractivity contribution in [3.63, 3.8) is 0 Å². The van der Waals surface area contributed by atoms with Crippen LogP contribution in [0.3, 0.4) is 0 Å². The monoisotopic (exact) mass is 822 g/mol. The van der Waals surface area contributed by atoms with Gasteiger partial charge in [0.15, 0.2) is 0 Å². The first-order valence-corrected chi connectivity index (χ1v) is 24.5. The second-order valence-electron chi connectivity index (χ2n) is 16.4. The standard InChI is InChI=1S/C48H88NO7P/c1-6-8-10-12-14-16-18-20-22-24-25-26-27-29-31-33-35-37-39-41-48(50)56-47(46-55-57(51,52)54-44-42-49(3,4)5)45-53-43-40-38-36-34-32-30-28-23-21-19-17-15-13-11-9-7-2/h9,11,15,17,21,23,30,32,36,38,47H,6-8,10,12-14,16,18-20,22,24-29,31,33-35,37,39-46H2,1-5H3/b11-9-,17-15-,23-21-,32-30-,38-36-. The fourth-order valence-electron chi connectivity index (χ4n) is 6.08. The van der Waals surface area contributed by atoms with Crippen LogP contribution in [0.1, 0.15) is 181 Å². The maximum Gasteiger partial charge on any atom is 0.306 e. The molecule has 8 nitrogen and oxygen atoms in total. The molecular weight excluding hydrogens is 734 g/mol. The number of allylic oxidation sites excluding steroid dienone is 9. The Labute approximate surface area is 351 Å². The van der Waals surface area contributed by atoms with Gasteiger partial charge in [-0.05, 0) is 44.9 Å². The third-order valence-corrected chi connectivity index (χ3v) is 10.6. The Bertz CT molecular complexity index is 1090. The second-order valence-corrected chi connectivity index (χ2v) is 17.8. The molecule has 0 spiro atoms. The van der Waals surface area contributed by atoms with E-state index in [9.17, 15) is 14.3 Å². The molecule has 2 unspecified atom stereocenters. The minimum absolute atomic E-state index is 0.0118. The molecule has 0 aromatic carbocycles. The van der Waals surface area contributed by atoms with Crippen molar-refractivity contribution in [3.05, 3.63) is 60.8 Å². The van der Waals surface area contributed by atoms with Gasteiger partial charge in [-0.1, -0.05) is 190 Å². The smallest absolute Gasteiger partial charge is 0.306 e. The molecule has 0 aromatic heterocycles. The molecule has 0 heterocycles. The lowest BCUT2D eigenvalue weighted by Crippen LogP contribution is -2.37. The summed E-state index contributed by atoms with van der Waals surface area (Å²) >= 11 is 0. The quantitative estimate of drug-likeness (QED) is 0.0199. The molecule has 0 radical (unpaired) electrons. The predicted octanol–water partition coefficient (Wildman–Crippen LogP) is 13.1. The van der Waals surface area contributed by atoms with E-state index in [1.54, 1.807) is 0 Å². The van der Waals surface area contributed by atoms with Crippen molar-refractivity contribution in [1.82, 2.24) is 0 Å². The van der Waals surface area contributed by atoms with E-state index in [0.717, 1.165) is 51.4 Å². The molecule has 9 heteroatoms. The molecule has 0 aliphatic heterocycles. The van der Waals surface area contributed by atoms with Crippen LogP contribution in [-0.4, -0.2) is 70.7 Å². The fourth-order valence-corrected chi connectivity index (χ4v) is 6.81. The Morgan fingerprint density at radius 2 is 0.982 bits per heavy atom. The SMILES string of the molecule is CC/C=C\C/C=C\C/C=C\C/C=C\C/C=C\CCOCC(COP(=O)([O-])OCC[N+](C)(C)C)OC(=O)CCCCCCCCCCCCCCCCCCCCC. The van der Waals surface area contributed by atoms with E-state index in [2.05, 4.69) is 74.6 Å². The number of rotatable bonds is 42. The highest BCUT2D eigenvalue weighted by molar-refractivity contribution is 7.45. The van der Waals surface area contributed by atoms with Gasteiger partial charge >= 0.3 is 5.97 Å². The summed E-state index contributed by atoms with van der Waals surface area (Å²) in [5.41, 5.74) is 0. The highest BCUT2D eigenvalue weighted by atomic mass is 31.2. The maximum atomic E-state index is 12.7. The van der Waals surface area contributed by atoms with E-state index in [1.165, 1.54) is 103 Å². The van der Waals surface area contributed by atoms with Crippen molar-refractivity contribution in [2.24, 2.45) is 0 Å². The number of esters is 1. The van der Waals surface area contributed by atoms with E-state index in [4.69, 9.17) is 18.5 Å². The van der Waals surface area contributed by atoms with Gasteiger partial charge in [0, 0.05) is 6.42 Å². The number of carbonyl (C=O) groups is 1. The zero-order chi connectivity index (χ0) is 42.0. The summed E-state index contributed by atoms with van der Waals surface area (Å²) < 4.78 is 34.5. The summed E-state index contributed by atoms with van der Waals surface area (Å²) in [7, 11) is 1.31. The molecular formula is C48H88NO7P. The molecule has 0 bridgehead atoms. The van der Waals surface area contributed by atoms with E-state index in [1.807, 2.05) is 21.1 Å². The number of carbonyl (C=O) groups excluding carboxylic acids is 1. The first-order valence-electron chi connectivity index (χ1n) is 23.0. The predicted molar refractivity (Wildman–Crippen MR) is 240 cm³/mol. The lowest BCUT2D eigenvalue weighted by atomic mass is 10.0. The summed E-state index contributed by atoms with van der Waals surface area (Å²) in [6.07, 6.45) is 51.2. The zero-order valence-electron chi connectivity index (χ0n) is 37.5. The van der Waals surface area contributed by atoms with Crippen molar-refractivity contribution in [2.75, 3.05) is 54.1 Å². The average molecular weight is 822 g/mol. The van der Waals surface area contributed by atoms with Crippen LogP contribution in [0.15, 0.2) is 60.8 Å². The Balaban J connectivity index is 4.29. The van der Waals surface area contributed by atoms with Gasteiger partial charge in [0.2, 0.25) is 0 Å². The van der Waals surface area contributed by atoms with E-state index in [0.29, 0.717) is 30.5 Å². The zero-order valence-corrected chi connectivity index (χ0v) is 38.4. The van der Waals surface area contributed by atoms with Crippen LogP contribution < -0.4 is 4.89 Å². The Hall–Kier alpha value is -1.80. The fraction of sp³-hybridized carbons (Fsp3) is 0.771. The van der Waals surface area contributed by atoms with E-state index >= 15 is 0 Å². The van der Waals surface area contributed by atoms with Gasteiger partial charge in [-0.15, -0.1) is 0 Å². The van der Waals surface area contributed by atoms with Gasteiger partial charge in [0.25, 0.3) is 7.82 Å². The minimum Gasteiger partial charge on any atom is -0.756 e. The minimum atomic E-state index is -4.55. The van der Waals surface area contributed by atoms with Crippen molar-refractivity contribution in [2.45, 2.75) is 187 Å². The Morgan fingerprint density at radius 1 is 0.561 bits per heavy atom. The number of hydrogen-bond donors (Lipinski definition) is 0. The topological polar surface area (TPSA) is 94.1 Å². The van der Waals surface area contributed by atoms with Crippen molar-refractivity contribution >= 4 is 13.8 Å². The molecule has 0 amide bonds. The Kier molecular flexibility index (Phi) is 39.7. The highest BCUT2D eigenvalue weighted by Gasteiger charge is 2.20. The molecule has 0 aliphatic rings. The van der Waals surface area contributed by atoms with Crippen LogP contribution in [0, 0.1) is 0 Å². The van der Waals surface area contributed by atoms with Crippen molar-refractivity contribution < 1.29 is 37.3 Å². The van der Waals surface area contributed by atoms with Crippen LogP contribution in [-0.2, 0) is 27.9 Å². The number of ether oxygens (including phenoxy) is 2. The van der Waals surface area contributed by atoms with Crippen LogP contribution in [0.2, 0.25) is 0 Å². The van der Waals surface area contributed by atoms with Crippen LogP contribution in [0.25, 0.3) is 0 Å².